The van der Waals surface area contributed by atoms with Crippen molar-refractivity contribution in [3.63, 3.8) is 0 Å². The van der Waals surface area contributed by atoms with Gasteiger partial charge in [-0.1, -0.05) is 43.6 Å². The number of fused-ring (bicyclic) bond motifs is 1. The zero-order valence-electron chi connectivity index (χ0n) is 18.9. The molecular formula is C26H26ClN3O3. The van der Waals surface area contributed by atoms with E-state index in [1.165, 1.54) is 5.56 Å². The topological polar surface area (TPSA) is 83.7 Å². The summed E-state index contributed by atoms with van der Waals surface area (Å²) in [7, 11) is 0. The lowest BCUT2D eigenvalue weighted by Gasteiger charge is -2.13. The molecule has 0 saturated carbocycles. The van der Waals surface area contributed by atoms with Crippen molar-refractivity contribution in [2.75, 3.05) is 5.32 Å². The van der Waals surface area contributed by atoms with E-state index in [0.29, 0.717) is 40.7 Å². The summed E-state index contributed by atoms with van der Waals surface area (Å²) in [6.07, 6.45) is 2.22. The lowest BCUT2D eigenvalue weighted by Crippen LogP contribution is -2.22. The molecule has 1 aliphatic rings. The van der Waals surface area contributed by atoms with Crippen LogP contribution >= 0.6 is 11.6 Å². The number of benzene rings is 2. The van der Waals surface area contributed by atoms with Crippen molar-refractivity contribution < 1.29 is 14.0 Å². The Morgan fingerprint density at radius 3 is 2.52 bits per heavy atom. The van der Waals surface area contributed by atoms with Gasteiger partial charge in [0.1, 0.15) is 5.76 Å². The number of hydrogen-bond acceptors (Lipinski definition) is 4. The Kier molecular flexibility index (Phi) is 6.65. The molecule has 0 atom stereocenters. The van der Waals surface area contributed by atoms with Crippen molar-refractivity contribution in [1.82, 2.24) is 5.43 Å². The fraction of sp³-hybridized carbons (Fsp3) is 0.269. The molecule has 6 nitrogen and oxygen atoms in total. The van der Waals surface area contributed by atoms with Crippen molar-refractivity contribution in [2.24, 2.45) is 5.10 Å². The van der Waals surface area contributed by atoms with Gasteiger partial charge in [-0.3, -0.25) is 9.59 Å². The Morgan fingerprint density at radius 1 is 1.06 bits per heavy atom. The standard InChI is InChI=1S/C26H26ClN3O3/c1-15(2)17-10-12-20(13-11-17)28-26(32)24-16(3)23-21(8-5-9-22(23)33-24)29-30-25(31)18-6-4-7-19(27)14-18/h4,6-7,10-15H,5,8-9H2,1-3H3,(H,28,32)(H,30,31)/b29-21+. The van der Waals surface area contributed by atoms with Crippen LogP contribution in [0.5, 0.6) is 0 Å². The minimum atomic E-state index is -0.346. The maximum atomic E-state index is 12.9. The molecule has 2 amide bonds. The second-order valence-corrected chi connectivity index (χ2v) is 8.88. The molecule has 0 radical (unpaired) electrons. The summed E-state index contributed by atoms with van der Waals surface area (Å²) in [5.74, 6) is 0.756. The molecule has 7 heteroatoms. The molecule has 2 aromatic carbocycles. The van der Waals surface area contributed by atoms with E-state index in [0.717, 1.165) is 23.3 Å². The maximum absolute atomic E-state index is 12.9. The van der Waals surface area contributed by atoms with Crippen LogP contribution < -0.4 is 10.7 Å². The van der Waals surface area contributed by atoms with Crippen LogP contribution in [0, 0.1) is 6.92 Å². The summed E-state index contributed by atoms with van der Waals surface area (Å²) in [6.45, 7) is 6.10. The van der Waals surface area contributed by atoms with E-state index in [4.69, 9.17) is 16.0 Å². The normalized spacial score (nSPS) is 14.3. The molecule has 0 spiro atoms. The molecule has 0 fully saturated rings. The molecule has 1 aromatic heterocycles. The zero-order valence-corrected chi connectivity index (χ0v) is 19.6. The highest BCUT2D eigenvalue weighted by molar-refractivity contribution is 6.31. The zero-order chi connectivity index (χ0) is 23.5. The summed E-state index contributed by atoms with van der Waals surface area (Å²) in [5.41, 5.74) is 7.17. The summed E-state index contributed by atoms with van der Waals surface area (Å²) in [4.78, 5) is 25.4. The van der Waals surface area contributed by atoms with Crippen LogP contribution in [0.4, 0.5) is 5.69 Å². The first-order valence-electron chi connectivity index (χ1n) is 11.0. The second-order valence-electron chi connectivity index (χ2n) is 8.45. The number of aryl methyl sites for hydroxylation is 1. The third-order valence-corrected chi connectivity index (χ3v) is 5.98. The Bertz CT molecular complexity index is 1230. The number of furan rings is 1. The number of carbonyl (C=O) groups is 2. The Balaban J connectivity index is 1.53. The summed E-state index contributed by atoms with van der Waals surface area (Å²) >= 11 is 5.97. The highest BCUT2D eigenvalue weighted by atomic mass is 35.5. The molecule has 3 aromatic rings. The van der Waals surface area contributed by atoms with Gasteiger partial charge < -0.3 is 9.73 Å². The van der Waals surface area contributed by atoms with Gasteiger partial charge >= 0.3 is 0 Å². The van der Waals surface area contributed by atoms with E-state index in [2.05, 4.69) is 29.7 Å². The van der Waals surface area contributed by atoms with E-state index >= 15 is 0 Å². The first-order valence-corrected chi connectivity index (χ1v) is 11.4. The number of hydrogen-bond donors (Lipinski definition) is 2. The lowest BCUT2D eigenvalue weighted by molar-refractivity contribution is 0.0953. The number of anilines is 1. The molecular weight excluding hydrogens is 438 g/mol. The van der Waals surface area contributed by atoms with E-state index in [1.54, 1.807) is 24.3 Å². The number of hydrazone groups is 1. The van der Waals surface area contributed by atoms with Crippen LogP contribution in [-0.2, 0) is 6.42 Å². The van der Waals surface area contributed by atoms with E-state index in [-0.39, 0.29) is 17.6 Å². The molecule has 0 bridgehead atoms. The van der Waals surface area contributed by atoms with Gasteiger partial charge in [-0.05, 0) is 61.6 Å². The van der Waals surface area contributed by atoms with Gasteiger partial charge in [0.2, 0.25) is 0 Å². The van der Waals surface area contributed by atoms with Gasteiger partial charge in [0, 0.05) is 33.8 Å². The highest BCUT2D eigenvalue weighted by Crippen LogP contribution is 2.30. The number of amides is 2. The summed E-state index contributed by atoms with van der Waals surface area (Å²) < 4.78 is 5.95. The molecule has 0 unspecified atom stereocenters. The lowest BCUT2D eigenvalue weighted by atomic mass is 9.93. The molecule has 170 valence electrons. The van der Waals surface area contributed by atoms with Crippen molar-refractivity contribution in [1.29, 1.82) is 0 Å². The van der Waals surface area contributed by atoms with E-state index < -0.39 is 0 Å². The number of nitrogens with one attached hydrogen (secondary N) is 2. The van der Waals surface area contributed by atoms with Crippen LogP contribution in [0.25, 0.3) is 0 Å². The molecule has 4 rings (SSSR count). The monoisotopic (exact) mass is 463 g/mol. The highest BCUT2D eigenvalue weighted by Gasteiger charge is 2.28. The number of carbonyl (C=O) groups excluding carboxylic acids is 2. The van der Waals surface area contributed by atoms with Crippen LogP contribution in [0.3, 0.4) is 0 Å². The van der Waals surface area contributed by atoms with Gasteiger partial charge in [-0.15, -0.1) is 0 Å². The van der Waals surface area contributed by atoms with Gasteiger partial charge in [0.05, 0.1) is 5.71 Å². The fourth-order valence-electron chi connectivity index (χ4n) is 3.95. The predicted molar refractivity (Wildman–Crippen MR) is 130 cm³/mol. The van der Waals surface area contributed by atoms with Crippen molar-refractivity contribution in [3.8, 4) is 0 Å². The van der Waals surface area contributed by atoms with Crippen LogP contribution in [-0.4, -0.2) is 17.5 Å². The van der Waals surface area contributed by atoms with Gasteiger partial charge in [0.15, 0.2) is 5.76 Å². The second kappa shape index (κ2) is 9.63. The fourth-order valence-corrected chi connectivity index (χ4v) is 4.14. The molecule has 1 aliphatic carbocycles. The van der Waals surface area contributed by atoms with Crippen molar-refractivity contribution in [2.45, 2.75) is 46.0 Å². The minimum Gasteiger partial charge on any atom is -0.455 e. The van der Waals surface area contributed by atoms with Crippen LogP contribution in [0.2, 0.25) is 5.02 Å². The average molecular weight is 464 g/mol. The number of nitrogens with zero attached hydrogens (tertiary/aromatic N) is 1. The maximum Gasteiger partial charge on any atom is 0.291 e. The van der Waals surface area contributed by atoms with Gasteiger partial charge in [-0.2, -0.15) is 5.10 Å². The Hall–Kier alpha value is -3.38. The smallest absolute Gasteiger partial charge is 0.291 e. The summed E-state index contributed by atoms with van der Waals surface area (Å²) in [6, 6.07) is 14.5. The molecule has 2 N–H and O–H groups in total. The average Bonchev–Trinajstić information content (AvgIpc) is 3.15. The first kappa shape index (κ1) is 22.8. The summed E-state index contributed by atoms with van der Waals surface area (Å²) in [5, 5.41) is 7.75. The molecule has 1 heterocycles. The molecule has 0 saturated heterocycles. The Labute approximate surface area is 198 Å². The predicted octanol–water partition coefficient (Wildman–Crippen LogP) is 6.09. The number of rotatable bonds is 5. The van der Waals surface area contributed by atoms with Gasteiger partial charge in [-0.25, -0.2) is 5.43 Å². The quantitative estimate of drug-likeness (QED) is 0.449. The molecule has 33 heavy (non-hydrogen) atoms. The van der Waals surface area contributed by atoms with Crippen molar-refractivity contribution in [3.05, 3.63) is 87.3 Å². The SMILES string of the molecule is Cc1c(C(=O)Nc2ccc(C(C)C)cc2)oc2c1/C(=N/NC(=O)c1cccc(Cl)c1)CCC2. The minimum absolute atomic E-state index is 0.267. The largest absolute Gasteiger partial charge is 0.455 e. The van der Waals surface area contributed by atoms with Crippen molar-refractivity contribution >= 4 is 34.8 Å². The number of halogens is 1. The van der Waals surface area contributed by atoms with E-state index in [9.17, 15) is 9.59 Å². The van der Waals surface area contributed by atoms with E-state index in [1.807, 2.05) is 31.2 Å². The molecule has 0 aliphatic heterocycles. The third-order valence-electron chi connectivity index (χ3n) is 5.75. The van der Waals surface area contributed by atoms with Gasteiger partial charge in [0.25, 0.3) is 11.8 Å². The van der Waals surface area contributed by atoms with Crippen LogP contribution in [0.1, 0.15) is 76.0 Å². The Morgan fingerprint density at radius 2 is 1.82 bits per heavy atom. The van der Waals surface area contributed by atoms with Crippen LogP contribution in [0.15, 0.2) is 58.0 Å². The first-order chi connectivity index (χ1) is 15.8. The third kappa shape index (κ3) is 5.01.